The van der Waals surface area contributed by atoms with E-state index in [1.165, 1.54) is 0 Å². The van der Waals surface area contributed by atoms with Crippen LogP contribution in [0.4, 0.5) is 11.4 Å². The zero-order chi connectivity index (χ0) is 21.9. The third-order valence-corrected chi connectivity index (χ3v) is 7.11. The highest BCUT2D eigenvalue weighted by Crippen LogP contribution is 2.25. The average Bonchev–Trinajstić information content (AvgIpc) is 2.68. The first-order chi connectivity index (χ1) is 14.2. The summed E-state index contributed by atoms with van der Waals surface area (Å²) in [5.41, 5.74) is 3.90. The summed E-state index contributed by atoms with van der Waals surface area (Å²) in [5.74, 6) is -0.406. The third-order valence-electron chi connectivity index (χ3n) is 4.65. The van der Waals surface area contributed by atoms with E-state index >= 15 is 0 Å². The second kappa shape index (κ2) is 9.18. The quantitative estimate of drug-likeness (QED) is 0.451. The molecule has 0 spiro atoms. The second-order valence-corrected chi connectivity index (χ2v) is 10.3. The van der Waals surface area contributed by atoms with Crippen LogP contribution in [0.25, 0.3) is 0 Å². The van der Waals surface area contributed by atoms with Crippen LogP contribution in [0.2, 0.25) is 0 Å². The van der Waals surface area contributed by atoms with E-state index in [2.05, 4.69) is 27.9 Å². The number of anilines is 2. The van der Waals surface area contributed by atoms with Crippen molar-refractivity contribution in [3.63, 3.8) is 0 Å². The fraction of sp³-hybridized carbons (Fsp3) is 0.174. The first kappa shape index (κ1) is 22.3. The Bertz CT molecular complexity index is 1180. The van der Waals surface area contributed by atoms with Crippen LogP contribution >= 0.6 is 22.6 Å². The van der Waals surface area contributed by atoms with Crippen molar-refractivity contribution in [2.24, 2.45) is 0 Å². The van der Waals surface area contributed by atoms with Crippen LogP contribution in [-0.2, 0) is 14.8 Å². The molecule has 5 nitrogen and oxygen atoms in total. The minimum absolute atomic E-state index is 0.146. The van der Waals surface area contributed by atoms with E-state index in [4.69, 9.17) is 0 Å². The van der Waals surface area contributed by atoms with Gasteiger partial charge in [-0.25, -0.2) is 8.42 Å². The number of rotatable bonds is 6. The minimum Gasteiger partial charge on any atom is -0.324 e. The van der Waals surface area contributed by atoms with E-state index in [1.807, 2.05) is 45.0 Å². The molecule has 0 fully saturated rings. The summed E-state index contributed by atoms with van der Waals surface area (Å²) in [6.07, 6.45) is 0. The molecule has 0 heterocycles. The highest BCUT2D eigenvalue weighted by molar-refractivity contribution is 14.1. The standard InChI is InChI=1S/C23H23IN2O3S/c1-16-7-10-21(11-8-16)30(28,29)26(20-6-4-5-17(2)13-20)15-23(27)25-22-12-9-19(24)14-18(22)3/h4-14H,15H2,1-3H3,(H,25,27). The Morgan fingerprint density at radius 3 is 2.27 bits per heavy atom. The van der Waals surface area contributed by atoms with E-state index in [9.17, 15) is 13.2 Å². The van der Waals surface area contributed by atoms with E-state index < -0.39 is 15.9 Å². The first-order valence-corrected chi connectivity index (χ1v) is 11.9. The summed E-state index contributed by atoms with van der Waals surface area (Å²) in [6.45, 7) is 5.35. The van der Waals surface area contributed by atoms with Crippen molar-refractivity contribution in [1.82, 2.24) is 0 Å². The van der Waals surface area contributed by atoms with Gasteiger partial charge < -0.3 is 5.32 Å². The number of carbonyl (C=O) groups is 1. The van der Waals surface area contributed by atoms with Crippen molar-refractivity contribution in [2.45, 2.75) is 25.7 Å². The Kier molecular flexibility index (Phi) is 6.82. The lowest BCUT2D eigenvalue weighted by molar-refractivity contribution is -0.114. The van der Waals surface area contributed by atoms with Crippen LogP contribution in [0.15, 0.2) is 71.6 Å². The lowest BCUT2D eigenvalue weighted by Gasteiger charge is -2.24. The van der Waals surface area contributed by atoms with Gasteiger partial charge in [0.25, 0.3) is 10.0 Å². The summed E-state index contributed by atoms with van der Waals surface area (Å²) in [5, 5.41) is 2.84. The number of aryl methyl sites for hydroxylation is 3. The molecule has 0 saturated heterocycles. The molecule has 0 bridgehead atoms. The fourth-order valence-electron chi connectivity index (χ4n) is 3.02. The number of sulfonamides is 1. The van der Waals surface area contributed by atoms with E-state index in [-0.39, 0.29) is 11.4 Å². The van der Waals surface area contributed by atoms with Crippen molar-refractivity contribution in [1.29, 1.82) is 0 Å². The van der Waals surface area contributed by atoms with Gasteiger partial charge >= 0.3 is 0 Å². The molecule has 0 aliphatic rings. The van der Waals surface area contributed by atoms with Crippen LogP contribution in [0.3, 0.4) is 0 Å². The zero-order valence-corrected chi connectivity index (χ0v) is 20.0. The van der Waals surface area contributed by atoms with Crippen molar-refractivity contribution >= 4 is 49.9 Å². The number of nitrogens with one attached hydrogen (secondary N) is 1. The molecule has 0 radical (unpaired) electrons. The summed E-state index contributed by atoms with van der Waals surface area (Å²) in [6, 6.07) is 19.4. The average molecular weight is 534 g/mol. The molecule has 7 heteroatoms. The van der Waals surface area contributed by atoms with Crippen LogP contribution < -0.4 is 9.62 Å². The topological polar surface area (TPSA) is 66.5 Å². The third kappa shape index (κ3) is 5.20. The Labute approximate surface area is 191 Å². The van der Waals surface area contributed by atoms with Gasteiger partial charge in [-0.2, -0.15) is 0 Å². The van der Waals surface area contributed by atoms with Gasteiger partial charge in [0.05, 0.1) is 10.6 Å². The Hall–Kier alpha value is -2.39. The normalized spacial score (nSPS) is 11.2. The highest BCUT2D eigenvalue weighted by Gasteiger charge is 2.27. The van der Waals surface area contributed by atoms with Crippen molar-refractivity contribution < 1.29 is 13.2 Å². The summed E-state index contributed by atoms with van der Waals surface area (Å²) in [7, 11) is -3.92. The zero-order valence-electron chi connectivity index (χ0n) is 17.0. The van der Waals surface area contributed by atoms with Gasteiger partial charge in [-0.05, 0) is 97.0 Å². The van der Waals surface area contributed by atoms with Crippen LogP contribution in [0.5, 0.6) is 0 Å². The van der Waals surface area contributed by atoms with E-state index in [0.29, 0.717) is 11.4 Å². The molecule has 0 saturated carbocycles. The van der Waals surface area contributed by atoms with Crippen LogP contribution in [0, 0.1) is 24.3 Å². The molecular weight excluding hydrogens is 511 g/mol. The number of hydrogen-bond acceptors (Lipinski definition) is 3. The predicted molar refractivity (Wildman–Crippen MR) is 129 cm³/mol. The predicted octanol–water partition coefficient (Wildman–Crippen LogP) is 5.05. The number of amides is 1. The van der Waals surface area contributed by atoms with E-state index in [0.717, 1.165) is 24.6 Å². The lowest BCUT2D eigenvalue weighted by Crippen LogP contribution is -2.38. The molecule has 0 unspecified atom stereocenters. The molecule has 30 heavy (non-hydrogen) atoms. The summed E-state index contributed by atoms with van der Waals surface area (Å²) >= 11 is 2.21. The number of nitrogens with zero attached hydrogens (tertiary/aromatic N) is 1. The smallest absolute Gasteiger partial charge is 0.264 e. The fourth-order valence-corrected chi connectivity index (χ4v) is 5.08. The monoisotopic (exact) mass is 534 g/mol. The SMILES string of the molecule is Cc1ccc(S(=O)(=O)N(CC(=O)Nc2ccc(I)cc2C)c2cccc(C)c2)cc1. The van der Waals surface area contributed by atoms with Gasteiger partial charge in [0.2, 0.25) is 5.91 Å². The summed E-state index contributed by atoms with van der Waals surface area (Å²) < 4.78 is 29.0. The molecule has 3 aromatic rings. The first-order valence-electron chi connectivity index (χ1n) is 9.39. The van der Waals surface area contributed by atoms with Crippen molar-refractivity contribution in [3.8, 4) is 0 Å². The number of halogens is 1. The molecule has 0 atom stereocenters. The number of hydrogen-bond donors (Lipinski definition) is 1. The van der Waals surface area contributed by atoms with Gasteiger partial charge in [-0.15, -0.1) is 0 Å². The van der Waals surface area contributed by atoms with Gasteiger partial charge in [0, 0.05) is 9.26 Å². The molecule has 0 aliphatic heterocycles. The van der Waals surface area contributed by atoms with Gasteiger partial charge in [0.1, 0.15) is 6.54 Å². The maximum Gasteiger partial charge on any atom is 0.264 e. The second-order valence-electron chi connectivity index (χ2n) is 7.17. The molecule has 0 aromatic heterocycles. The minimum atomic E-state index is -3.92. The van der Waals surface area contributed by atoms with Crippen LogP contribution in [-0.4, -0.2) is 20.9 Å². The Morgan fingerprint density at radius 1 is 0.933 bits per heavy atom. The lowest BCUT2D eigenvalue weighted by atomic mass is 10.2. The van der Waals surface area contributed by atoms with Gasteiger partial charge in [-0.3, -0.25) is 9.10 Å². The number of benzene rings is 3. The van der Waals surface area contributed by atoms with Crippen molar-refractivity contribution in [2.75, 3.05) is 16.2 Å². The molecule has 1 amide bonds. The van der Waals surface area contributed by atoms with Crippen LogP contribution in [0.1, 0.15) is 16.7 Å². The van der Waals surface area contributed by atoms with Crippen molar-refractivity contribution in [3.05, 3.63) is 87.0 Å². The maximum atomic E-state index is 13.4. The highest BCUT2D eigenvalue weighted by atomic mass is 127. The molecular formula is C23H23IN2O3S. The Balaban J connectivity index is 1.95. The summed E-state index contributed by atoms with van der Waals surface area (Å²) in [4.78, 5) is 13.0. The molecule has 1 N–H and O–H groups in total. The van der Waals surface area contributed by atoms with Gasteiger partial charge in [0.15, 0.2) is 0 Å². The van der Waals surface area contributed by atoms with Gasteiger partial charge in [-0.1, -0.05) is 29.8 Å². The molecule has 3 aromatic carbocycles. The molecule has 3 rings (SSSR count). The molecule has 0 aliphatic carbocycles. The van der Waals surface area contributed by atoms with E-state index in [1.54, 1.807) is 42.5 Å². The molecule has 156 valence electrons. The maximum absolute atomic E-state index is 13.4. The Morgan fingerprint density at radius 2 is 1.63 bits per heavy atom. The number of carbonyl (C=O) groups excluding carboxylic acids is 1. The largest absolute Gasteiger partial charge is 0.324 e.